The van der Waals surface area contributed by atoms with Gasteiger partial charge in [-0.25, -0.2) is 4.39 Å². The van der Waals surface area contributed by atoms with Crippen molar-refractivity contribution in [2.75, 3.05) is 6.61 Å². The predicted molar refractivity (Wildman–Crippen MR) is 47.0 cm³/mol. The van der Waals surface area contributed by atoms with Gasteiger partial charge >= 0.3 is 0 Å². The molecule has 13 heavy (non-hydrogen) atoms. The number of aryl methyl sites for hydroxylation is 1. The molecular weight excluding hydrogens is 171 g/mol. The van der Waals surface area contributed by atoms with Gasteiger partial charge in [-0.05, 0) is 24.1 Å². The molecule has 0 spiro atoms. The number of hydrogen-bond acceptors (Lipinski definition) is 2. The van der Waals surface area contributed by atoms with E-state index >= 15 is 0 Å². The molecule has 1 rings (SSSR count). The summed E-state index contributed by atoms with van der Waals surface area (Å²) >= 11 is 0. The Bertz CT molecular complexity index is 310. The molecule has 1 unspecified atom stereocenters. The Morgan fingerprint density at radius 2 is 2.31 bits per heavy atom. The first-order chi connectivity index (χ1) is 6.19. The van der Waals surface area contributed by atoms with E-state index in [2.05, 4.69) is 0 Å². The Morgan fingerprint density at radius 3 is 2.77 bits per heavy atom. The van der Waals surface area contributed by atoms with Crippen LogP contribution in [0.1, 0.15) is 17.0 Å². The third kappa shape index (κ3) is 2.12. The van der Waals surface area contributed by atoms with Gasteiger partial charge in [-0.2, -0.15) is 0 Å². The molecule has 0 saturated heterocycles. The standard InChI is InChI=1S/C10H11FO2/c1-7-4-8(2-3-10(7)11)9(5-12)6-13/h2-5,9,13H,6H2,1H3. The molecule has 0 amide bonds. The lowest BCUT2D eigenvalue weighted by Crippen LogP contribution is -2.05. The summed E-state index contributed by atoms with van der Waals surface area (Å²) in [5, 5.41) is 8.81. The Balaban J connectivity index is 3.01. The van der Waals surface area contributed by atoms with Crippen LogP contribution in [0.4, 0.5) is 4.39 Å². The maximum absolute atomic E-state index is 12.8. The highest BCUT2D eigenvalue weighted by Crippen LogP contribution is 2.16. The van der Waals surface area contributed by atoms with E-state index in [4.69, 9.17) is 5.11 Å². The largest absolute Gasteiger partial charge is 0.395 e. The van der Waals surface area contributed by atoms with Gasteiger partial charge in [-0.15, -0.1) is 0 Å². The molecule has 0 heterocycles. The summed E-state index contributed by atoms with van der Waals surface area (Å²) in [4.78, 5) is 10.5. The number of aldehydes is 1. The van der Waals surface area contributed by atoms with E-state index in [1.54, 1.807) is 13.0 Å². The van der Waals surface area contributed by atoms with E-state index in [0.29, 0.717) is 17.4 Å². The van der Waals surface area contributed by atoms with Crippen molar-refractivity contribution < 1.29 is 14.3 Å². The molecule has 0 aliphatic heterocycles. The Hall–Kier alpha value is -1.22. The van der Waals surface area contributed by atoms with Crippen LogP contribution in [-0.2, 0) is 4.79 Å². The number of aliphatic hydroxyl groups excluding tert-OH is 1. The second kappa shape index (κ2) is 4.14. The molecular formula is C10H11FO2. The zero-order valence-corrected chi connectivity index (χ0v) is 7.33. The van der Waals surface area contributed by atoms with E-state index in [-0.39, 0.29) is 12.4 Å². The SMILES string of the molecule is Cc1cc(C(C=O)CO)ccc1F. The molecule has 0 radical (unpaired) electrons. The van der Waals surface area contributed by atoms with Crippen LogP contribution < -0.4 is 0 Å². The quantitative estimate of drug-likeness (QED) is 0.717. The first-order valence-electron chi connectivity index (χ1n) is 4.01. The summed E-state index contributed by atoms with van der Waals surface area (Å²) in [5.74, 6) is -0.842. The highest BCUT2D eigenvalue weighted by molar-refractivity contribution is 5.62. The van der Waals surface area contributed by atoms with Crippen molar-refractivity contribution in [1.29, 1.82) is 0 Å². The fourth-order valence-electron chi connectivity index (χ4n) is 1.13. The topological polar surface area (TPSA) is 37.3 Å². The molecule has 0 bridgehead atoms. The molecule has 0 aromatic heterocycles. The average molecular weight is 182 g/mol. The smallest absolute Gasteiger partial charge is 0.129 e. The number of aliphatic hydroxyl groups is 1. The van der Waals surface area contributed by atoms with Gasteiger partial charge in [0.1, 0.15) is 12.1 Å². The maximum atomic E-state index is 12.8. The van der Waals surface area contributed by atoms with Crippen LogP contribution in [-0.4, -0.2) is 18.0 Å². The van der Waals surface area contributed by atoms with Gasteiger partial charge in [-0.1, -0.05) is 12.1 Å². The summed E-state index contributed by atoms with van der Waals surface area (Å²) in [7, 11) is 0. The lowest BCUT2D eigenvalue weighted by atomic mass is 10.00. The minimum atomic E-state index is -0.542. The number of hydrogen-bond donors (Lipinski definition) is 1. The van der Waals surface area contributed by atoms with Gasteiger partial charge < -0.3 is 9.90 Å². The number of carbonyl (C=O) groups is 1. The van der Waals surface area contributed by atoms with Crippen molar-refractivity contribution in [3.63, 3.8) is 0 Å². The number of benzene rings is 1. The zero-order valence-electron chi connectivity index (χ0n) is 7.33. The van der Waals surface area contributed by atoms with E-state index in [1.807, 2.05) is 0 Å². The molecule has 0 fully saturated rings. The second-order valence-corrected chi connectivity index (χ2v) is 2.93. The van der Waals surface area contributed by atoms with Gasteiger partial charge in [0, 0.05) is 0 Å². The molecule has 0 aliphatic carbocycles. The van der Waals surface area contributed by atoms with Crippen LogP contribution in [0, 0.1) is 12.7 Å². The number of rotatable bonds is 3. The molecule has 0 aliphatic rings. The molecule has 1 N–H and O–H groups in total. The summed E-state index contributed by atoms with van der Waals surface area (Å²) < 4.78 is 12.8. The third-order valence-corrected chi connectivity index (χ3v) is 1.97. The van der Waals surface area contributed by atoms with Gasteiger partial charge in [-0.3, -0.25) is 0 Å². The minimum Gasteiger partial charge on any atom is -0.395 e. The molecule has 1 atom stereocenters. The minimum absolute atomic E-state index is 0.241. The summed E-state index contributed by atoms with van der Waals surface area (Å²) in [6.45, 7) is 1.38. The van der Waals surface area contributed by atoms with E-state index in [1.165, 1.54) is 12.1 Å². The Kier molecular flexibility index (Phi) is 3.14. The van der Waals surface area contributed by atoms with Crippen molar-refractivity contribution in [3.05, 3.63) is 35.1 Å². The van der Waals surface area contributed by atoms with Crippen molar-refractivity contribution in [2.24, 2.45) is 0 Å². The Labute approximate surface area is 76.0 Å². The van der Waals surface area contributed by atoms with E-state index in [9.17, 15) is 9.18 Å². The van der Waals surface area contributed by atoms with Crippen molar-refractivity contribution in [1.82, 2.24) is 0 Å². The number of carbonyl (C=O) groups excluding carboxylic acids is 1. The third-order valence-electron chi connectivity index (χ3n) is 1.97. The maximum Gasteiger partial charge on any atom is 0.129 e. The lowest BCUT2D eigenvalue weighted by molar-refractivity contribution is -0.109. The van der Waals surface area contributed by atoms with E-state index < -0.39 is 5.92 Å². The zero-order chi connectivity index (χ0) is 9.84. The molecule has 0 saturated carbocycles. The Morgan fingerprint density at radius 1 is 1.62 bits per heavy atom. The first-order valence-corrected chi connectivity index (χ1v) is 4.01. The lowest BCUT2D eigenvalue weighted by Gasteiger charge is -2.07. The average Bonchev–Trinajstić information content (AvgIpc) is 2.13. The van der Waals surface area contributed by atoms with Crippen LogP contribution in [0.15, 0.2) is 18.2 Å². The normalized spacial score (nSPS) is 12.5. The van der Waals surface area contributed by atoms with Crippen LogP contribution in [0.25, 0.3) is 0 Å². The fourth-order valence-corrected chi connectivity index (χ4v) is 1.13. The van der Waals surface area contributed by atoms with Crippen molar-refractivity contribution >= 4 is 6.29 Å². The van der Waals surface area contributed by atoms with Gasteiger partial charge in [0.15, 0.2) is 0 Å². The molecule has 2 nitrogen and oxygen atoms in total. The van der Waals surface area contributed by atoms with Crippen LogP contribution >= 0.6 is 0 Å². The second-order valence-electron chi connectivity index (χ2n) is 2.93. The van der Waals surface area contributed by atoms with Crippen molar-refractivity contribution in [3.8, 4) is 0 Å². The summed E-state index contributed by atoms with van der Waals surface area (Å²) in [5.41, 5.74) is 1.13. The first kappa shape index (κ1) is 9.86. The highest BCUT2D eigenvalue weighted by atomic mass is 19.1. The monoisotopic (exact) mass is 182 g/mol. The van der Waals surface area contributed by atoms with Crippen LogP contribution in [0.2, 0.25) is 0 Å². The molecule has 1 aromatic carbocycles. The summed E-state index contributed by atoms with van der Waals surface area (Å²) in [6, 6.07) is 4.39. The fraction of sp³-hybridized carbons (Fsp3) is 0.300. The van der Waals surface area contributed by atoms with E-state index in [0.717, 1.165) is 0 Å². The molecule has 70 valence electrons. The number of halogens is 1. The van der Waals surface area contributed by atoms with Gasteiger partial charge in [0.2, 0.25) is 0 Å². The van der Waals surface area contributed by atoms with Gasteiger partial charge in [0.25, 0.3) is 0 Å². The van der Waals surface area contributed by atoms with Gasteiger partial charge in [0.05, 0.1) is 12.5 Å². The predicted octanol–water partition coefficient (Wildman–Crippen LogP) is 1.41. The van der Waals surface area contributed by atoms with Crippen LogP contribution in [0.5, 0.6) is 0 Å². The van der Waals surface area contributed by atoms with Crippen molar-refractivity contribution in [2.45, 2.75) is 12.8 Å². The summed E-state index contributed by atoms with van der Waals surface area (Å²) in [6.07, 6.45) is 0.659. The highest BCUT2D eigenvalue weighted by Gasteiger charge is 2.09. The van der Waals surface area contributed by atoms with Crippen LogP contribution in [0.3, 0.4) is 0 Å². The molecule has 3 heteroatoms. The molecule has 1 aromatic rings.